The molecule has 0 spiro atoms. The van der Waals surface area contributed by atoms with Crippen molar-refractivity contribution in [1.29, 1.82) is 0 Å². The average Bonchev–Trinajstić information content (AvgIpc) is 2.63. The predicted molar refractivity (Wildman–Crippen MR) is 60.2 cm³/mol. The minimum atomic E-state index is 0.270. The fraction of sp³-hybridized carbons (Fsp3) is 0.615. The lowest BCUT2D eigenvalue weighted by Gasteiger charge is -2.00. The second-order valence-electron chi connectivity index (χ2n) is 4.40. The molecule has 0 saturated heterocycles. The summed E-state index contributed by atoms with van der Waals surface area (Å²) in [4.78, 5) is 11.4. The molecule has 0 atom stereocenters. The molecule has 0 aromatic heterocycles. The third-order valence-electron chi connectivity index (χ3n) is 2.53. The zero-order valence-corrected chi connectivity index (χ0v) is 9.25. The predicted octanol–water partition coefficient (Wildman–Crippen LogP) is 3.66. The first kappa shape index (κ1) is 11.2. The van der Waals surface area contributed by atoms with Crippen molar-refractivity contribution in [2.24, 2.45) is 5.92 Å². The first-order chi connectivity index (χ1) is 6.68. The van der Waals surface area contributed by atoms with Crippen molar-refractivity contribution < 1.29 is 4.79 Å². The second kappa shape index (κ2) is 5.79. The largest absolute Gasteiger partial charge is 0.295 e. The number of rotatable bonds is 5. The van der Waals surface area contributed by atoms with Gasteiger partial charge in [-0.3, -0.25) is 4.79 Å². The van der Waals surface area contributed by atoms with Gasteiger partial charge in [0.05, 0.1) is 0 Å². The number of hydrogen-bond donors (Lipinski definition) is 0. The standard InChI is InChI=1S/C13H20O/c1-11(2)7-9-13(14)10-8-12-5-3-4-6-12/h5,8,10-11H,3-4,6-7,9H2,1-2H3. The zero-order chi connectivity index (χ0) is 10.4. The van der Waals surface area contributed by atoms with E-state index in [1.807, 2.05) is 6.08 Å². The number of ketones is 1. The maximum absolute atomic E-state index is 11.4. The molecule has 0 saturated carbocycles. The number of allylic oxidation sites excluding steroid dienone is 4. The smallest absolute Gasteiger partial charge is 0.155 e. The SMILES string of the molecule is CC(C)CCC(=O)C=CC1=CCCC1. The molecule has 1 rings (SSSR count). The van der Waals surface area contributed by atoms with Crippen LogP contribution in [0, 0.1) is 5.92 Å². The van der Waals surface area contributed by atoms with Crippen molar-refractivity contribution in [3.8, 4) is 0 Å². The Morgan fingerprint density at radius 3 is 2.93 bits per heavy atom. The number of carbonyl (C=O) groups is 1. The fourth-order valence-corrected chi connectivity index (χ4v) is 1.56. The lowest BCUT2D eigenvalue weighted by atomic mass is 10.1. The molecule has 0 aliphatic heterocycles. The normalized spacial score (nSPS) is 16.6. The fourth-order valence-electron chi connectivity index (χ4n) is 1.56. The molecule has 0 radical (unpaired) electrons. The van der Waals surface area contributed by atoms with Crippen LogP contribution in [0.5, 0.6) is 0 Å². The molecule has 0 N–H and O–H groups in total. The van der Waals surface area contributed by atoms with Crippen LogP contribution in [0.3, 0.4) is 0 Å². The highest BCUT2D eigenvalue weighted by molar-refractivity contribution is 5.90. The maximum Gasteiger partial charge on any atom is 0.155 e. The second-order valence-corrected chi connectivity index (χ2v) is 4.40. The minimum Gasteiger partial charge on any atom is -0.295 e. The van der Waals surface area contributed by atoms with Crippen LogP contribution in [0.15, 0.2) is 23.8 Å². The molecule has 78 valence electrons. The van der Waals surface area contributed by atoms with Crippen LogP contribution in [0.25, 0.3) is 0 Å². The summed E-state index contributed by atoms with van der Waals surface area (Å²) < 4.78 is 0. The molecule has 1 nitrogen and oxygen atoms in total. The maximum atomic E-state index is 11.4. The van der Waals surface area contributed by atoms with Gasteiger partial charge >= 0.3 is 0 Å². The highest BCUT2D eigenvalue weighted by Gasteiger charge is 2.02. The summed E-state index contributed by atoms with van der Waals surface area (Å²) in [6.45, 7) is 4.30. The Kier molecular flexibility index (Phi) is 4.64. The third kappa shape index (κ3) is 4.40. The van der Waals surface area contributed by atoms with Gasteiger partial charge in [-0.25, -0.2) is 0 Å². The topological polar surface area (TPSA) is 17.1 Å². The summed E-state index contributed by atoms with van der Waals surface area (Å²) in [6, 6.07) is 0. The monoisotopic (exact) mass is 192 g/mol. The lowest BCUT2D eigenvalue weighted by molar-refractivity contribution is -0.114. The van der Waals surface area contributed by atoms with Gasteiger partial charge in [0.2, 0.25) is 0 Å². The minimum absolute atomic E-state index is 0.270. The summed E-state index contributed by atoms with van der Waals surface area (Å²) >= 11 is 0. The summed E-state index contributed by atoms with van der Waals surface area (Å²) in [5, 5.41) is 0. The Bertz CT molecular complexity index is 246. The van der Waals surface area contributed by atoms with Gasteiger partial charge in [-0.05, 0) is 37.7 Å². The van der Waals surface area contributed by atoms with E-state index in [1.165, 1.54) is 18.4 Å². The zero-order valence-electron chi connectivity index (χ0n) is 9.25. The molecule has 0 unspecified atom stereocenters. The first-order valence-corrected chi connectivity index (χ1v) is 5.58. The summed E-state index contributed by atoms with van der Waals surface area (Å²) in [6.07, 6.45) is 11.2. The van der Waals surface area contributed by atoms with Gasteiger partial charge in [0.1, 0.15) is 0 Å². The summed E-state index contributed by atoms with van der Waals surface area (Å²) in [5.41, 5.74) is 1.34. The van der Waals surface area contributed by atoms with Crippen LogP contribution in [0.2, 0.25) is 0 Å². The molecular formula is C13H20O. The lowest BCUT2D eigenvalue weighted by Crippen LogP contribution is -1.96. The van der Waals surface area contributed by atoms with E-state index in [9.17, 15) is 4.79 Å². The highest BCUT2D eigenvalue weighted by atomic mass is 16.1. The Hall–Kier alpha value is -0.850. The van der Waals surface area contributed by atoms with Crippen LogP contribution in [0.1, 0.15) is 46.0 Å². The van der Waals surface area contributed by atoms with Crippen molar-refractivity contribution >= 4 is 5.78 Å². The van der Waals surface area contributed by atoms with E-state index < -0.39 is 0 Å². The van der Waals surface area contributed by atoms with Crippen LogP contribution >= 0.6 is 0 Å². The molecule has 1 heteroatoms. The van der Waals surface area contributed by atoms with Crippen molar-refractivity contribution in [2.45, 2.75) is 46.0 Å². The van der Waals surface area contributed by atoms with Gasteiger partial charge in [0, 0.05) is 6.42 Å². The Morgan fingerprint density at radius 1 is 1.57 bits per heavy atom. The molecule has 1 aliphatic rings. The Labute approximate surface area is 86.9 Å². The molecule has 0 heterocycles. The van der Waals surface area contributed by atoms with E-state index in [4.69, 9.17) is 0 Å². The van der Waals surface area contributed by atoms with Crippen LogP contribution in [-0.2, 0) is 4.79 Å². The molecule has 14 heavy (non-hydrogen) atoms. The molecule has 0 bridgehead atoms. The van der Waals surface area contributed by atoms with Crippen molar-refractivity contribution in [1.82, 2.24) is 0 Å². The van der Waals surface area contributed by atoms with Crippen LogP contribution < -0.4 is 0 Å². The third-order valence-corrected chi connectivity index (χ3v) is 2.53. The highest BCUT2D eigenvalue weighted by Crippen LogP contribution is 2.18. The van der Waals surface area contributed by atoms with E-state index in [0.29, 0.717) is 12.3 Å². The van der Waals surface area contributed by atoms with Gasteiger partial charge in [-0.15, -0.1) is 0 Å². The van der Waals surface area contributed by atoms with E-state index >= 15 is 0 Å². The molecule has 1 aliphatic carbocycles. The number of carbonyl (C=O) groups excluding carboxylic acids is 1. The molecule has 0 aromatic carbocycles. The van der Waals surface area contributed by atoms with Crippen molar-refractivity contribution in [2.75, 3.05) is 0 Å². The first-order valence-electron chi connectivity index (χ1n) is 5.58. The van der Waals surface area contributed by atoms with E-state index in [-0.39, 0.29) is 5.78 Å². The van der Waals surface area contributed by atoms with E-state index in [0.717, 1.165) is 12.8 Å². The van der Waals surface area contributed by atoms with Gasteiger partial charge in [-0.1, -0.05) is 31.6 Å². The van der Waals surface area contributed by atoms with Gasteiger partial charge in [0.15, 0.2) is 5.78 Å². The number of hydrogen-bond acceptors (Lipinski definition) is 1. The van der Waals surface area contributed by atoms with Crippen molar-refractivity contribution in [3.05, 3.63) is 23.8 Å². The van der Waals surface area contributed by atoms with E-state index in [1.54, 1.807) is 6.08 Å². The van der Waals surface area contributed by atoms with E-state index in [2.05, 4.69) is 19.9 Å². The van der Waals surface area contributed by atoms with Gasteiger partial charge < -0.3 is 0 Å². The quantitative estimate of drug-likeness (QED) is 0.607. The van der Waals surface area contributed by atoms with Crippen molar-refractivity contribution in [3.63, 3.8) is 0 Å². The molecule has 0 aromatic rings. The average molecular weight is 192 g/mol. The Morgan fingerprint density at radius 2 is 2.36 bits per heavy atom. The molecule has 0 amide bonds. The summed E-state index contributed by atoms with van der Waals surface area (Å²) in [5.74, 6) is 0.893. The summed E-state index contributed by atoms with van der Waals surface area (Å²) in [7, 11) is 0. The van der Waals surface area contributed by atoms with Crippen LogP contribution in [-0.4, -0.2) is 5.78 Å². The molecular weight excluding hydrogens is 172 g/mol. The van der Waals surface area contributed by atoms with Crippen LogP contribution in [0.4, 0.5) is 0 Å². The van der Waals surface area contributed by atoms with Gasteiger partial charge in [0.25, 0.3) is 0 Å². The van der Waals surface area contributed by atoms with Gasteiger partial charge in [-0.2, -0.15) is 0 Å². The Balaban J connectivity index is 2.25. The molecule has 0 fully saturated rings.